The van der Waals surface area contributed by atoms with Crippen molar-refractivity contribution in [1.82, 2.24) is 5.32 Å². The Labute approximate surface area is 131 Å². The van der Waals surface area contributed by atoms with Crippen molar-refractivity contribution in [2.45, 2.75) is 26.5 Å². The lowest BCUT2D eigenvalue weighted by Crippen LogP contribution is -2.26. The van der Waals surface area contributed by atoms with Gasteiger partial charge in [-0.05, 0) is 31.1 Å². The van der Waals surface area contributed by atoms with Crippen LogP contribution in [0.2, 0.25) is 0 Å². The lowest BCUT2D eigenvalue weighted by atomic mass is 10.1. The summed E-state index contributed by atoms with van der Waals surface area (Å²) in [5.74, 6) is 0. The molecule has 0 bridgehead atoms. The molecule has 2 aromatic rings. The SMILES string of the molecule is Cc1ccc(/C=C/C(C)OC(=O)NCc2ccccc2)cc1. The van der Waals surface area contributed by atoms with E-state index in [2.05, 4.69) is 24.4 Å². The quantitative estimate of drug-likeness (QED) is 0.892. The van der Waals surface area contributed by atoms with Gasteiger partial charge in [0.2, 0.25) is 0 Å². The lowest BCUT2D eigenvalue weighted by molar-refractivity contribution is 0.127. The molecular formula is C19H21NO2. The fourth-order valence-electron chi connectivity index (χ4n) is 1.94. The number of carbonyl (C=O) groups excluding carboxylic acids is 1. The van der Waals surface area contributed by atoms with Gasteiger partial charge in [0.1, 0.15) is 6.10 Å². The first kappa shape index (κ1) is 15.8. The zero-order valence-corrected chi connectivity index (χ0v) is 13.0. The van der Waals surface area contributed by atoms with Crippen molar-refractivity contribution in [3.63, 3.8) is 0 Å². The molecule has 0 saturated carbocycles. The summed E-state index contributed by atoms with van der Waals surface area (Å²) in [6, 6.07) is 17.9. The summed E-state index contributed by atoms with van der Waals surface area (Å²) in [7, 11) is 0. The van der Waals surface area contributed by atoms with Crippen molar-refractivity contribution in [3.05, 3.63) is 77.4 Å². The van der Waals surface area contributed by atoms with Gasteiger partial charge in [0.15, 0.2) is 0 Å². The zero-order valence-electron chi connectivity index (χ0n) is 13.0. The molecule has 0 aromatic heterocycles. The highest BCUT2D eigenvalue weighted by atomic mass is 16.6. The first-order valence-corrected chi connectivity index (χ1v) is 7.37. The minimum atomic E-state index is -0.412. The molecule has 3 heteroatoms. The average molecular weight is 295 g/mol. The van der Waals surface area contributed by atoms with Gasteiger partial charge in [-0.15, -0.1) is 0 Å². The van der Waals surface area contributed by atoms with E-state index in [-0.39, 0.29) is 6.10 Å². The first-order chi connectivity index (χ1) is 10.6. The Hall–Kier alpha value is -2.55. The Morgan fingerprint density at radius 1 is 1.14 bits per heavy atom. The van der Waals surface area contributed by atoms with Crippen LogP contribution in [0.5, 0.6) is 0 Å². The number of hydrogen-bond acceptors (Lipinski definition) is 2. The molecule has 1 unspecified atom stereocenters. The second kappa shape index (κ2) is 8.03. The molecule has 0 aliphatic rings. The van der Waals surface area contributed by atoms with Gasteiger partial charge in [-0.1, -0.05) is 66.2 Å². The predicted octanol–water partition coefficient (Wildman–Crippen LogP) is 4.32. The largest absolute Gasteiger partial charge is 0.442 e. The van der Waals surface area contributed by atoms with E-state index in [4.69, 9.17) is 4.74 Å². The van der Waals surface area contributed by atoms with Crippen molar-refractivity contribution < 1.29 is 9.53 Å². The van der Waals surface area contributed by atoms with Crippen molar-refractivity contribution in [3.8, 4) is 0 Å². The van der Waals surface area contributed by atoms with Crippen LogP contribution < -0.4 is 5.32 Å². The van der Waals surface area contributed by atoms with Crippen LogP contribution in [0.3, 0.4) is 0 Å². The fourth-order valence-corrected chi connectivity index (χ4v) is 1.94. The second-order valence-corrected chi connectivity index (χ2v) is 5.22. The molecule has 0 aliphatic heterocycles. The molecule has 1 atom stereocenters. The van der Waals surface area contributed by atoms with Gasteiger partial charge in [-0.25, -0.2) is 4.79 Å². The zero-order chi connectivity index (χ0) is 15.8. The number of amides is 1. The molecule has 0 fully saturated rings. The van der Waals surface area contributed by atoms with Crippen LogP contribution in [0, 0.1) is 6.92 Å². The molecule has 0 saturated heterocycles. The Kier molecular flexibility index (Phi) is 5.78. The Bertz CT molecular complexity index is 618. The van der Waals surface area contributed by atoms with Crippen LogP contribution in [0.4, 0.5) is 4.79 Å². The minimum Gasteiger partial charge on any atom is -0.442 e. The monoisotopic (exact) mass is 295 g/mol. The van der Waals surface area contributed by atoms with E-state index >= 15 is 0 Å². The van der Waals surface area contributed by atoms with Crippen LogP contribution in [0.15, 0.2) is 60.7 Å². The summed E-state index contributed by atoms with van der Waals surface area (Å²) in [6.45, 7) is 4.36. The third-order valence-corrected chi connectivity index (χ3v) is 3.21. The molecule has 22 heavy (non-hydrogen) atoms. The lowest BCUT2D eigenvalue weighted by Gasteiger charge is -2.10. The summed E-state index contributed by atoms with van der Waals surface area (Å²) in [5.41, 5.74) is 3.36. The molecule has 0 radical (unpaired) electrons. The minimum absolute atomic E-state index is 0.280. The summed E-state index contributed by atoms with van der Waals surface area (Å²) >= 11 is 0. The van der Waals surface area contributed by atoms with Crippen molar-refractivity contribution in [1.29, 1.82) is 0 Å². The van der Waals surface area contributed by atoms with Gasteiger partial charge in [0, 0.05) is 6.54 Å². The van der Waals surface area contributed by atoms with Crippen LogP contribution in [-0.2, 0) is 11.3 Å². The fraction of sp³-hybridized carbons (Fsp3) is 0.211. The van der Waals surface area contributed by atoms with Crippen LogP contribution in [0.25, 0.3) is 6.08 Å². The highest BCUT2D eigenvalue weighted by molar-refractivity contribution is 5.67. The number of benzene rings is 2. The van der Waals surface area contributed by atoms with E-state index in [9.17, 15) is 4.79 Å². The van der Waals surface area contributed by atoms with E-state index in [0.717, 1.165) is 11.1 Å². The highest BCUT2D eigenvalue weighted by Gasteiger charge is 2.05. The van der Waals surface area contributed by atoms with Crippen LogP contribution >= 0.6 is 0 Å². The average Bonchev–Trinajstić information content (AvgIpc) is 2.53. The number of hydrogen-bond donors (Lipinski definition) is 1. The van der Waals surface area contributed by atoms with Crippen molar-refractivity contribution in [2.75, 3.05) is 0 Å². The molecule has 114 valence electrons. The topological polar surface area (TPSA) is 38.3 Å². The summed E-state index contributed by atoms with van der Waals surface area (Å²) in [5, 5.41) is 2.74. The maximum atomic E-state index is 11.7. The van der Waals surface area contributed by atoms with E-state index in [1.54, 1.807) is 0 Å². The van der Waals surface area contributed by atoms with Crippen LogP contribution in [-0.4, -0.2) is 12.2 Å². The van der Waals surface area contributed by atoms with Gasteiger partial charge in [0.25, 0.3) is 0 Å². The number of aryl methyl sites for hydroxylation is 1. The van der Waals surface area contributed by atoms with Gasteiger partial charge in [-0.3, -0.25) is 0 Å². The summed E-state index contributed by atoms with van der Waals surface area (Å²) in [4.78, 5) is 11.7. The molecule has 1 N–H and O–H groups in total. The summed E-state index contributed by atoms with van der Waals surface area (Å²) < 4.78 is 5.28. The second-order valence-electron chi connectivity index (χ2n) is 5.22. The van der Waals surface area contributed by atoms with E-state index < -0.39 is 6.09 Å². The molecular weight excluding hydrogens is 274 g/mol. The molecule has 0 spiro atoms. The van der Waals surface area contributed by atoms with E-state index in [1.807, 2.05) is 61.5 Å². The number of rotatable bonds is 5. The molecule has 0 aliphatic carbocycles. The molecule has 0 heterocycles. The normalized spacial score (nSPS) is 12.1. The molecule has 1 amide bonds. The molecule has 2 rings (SSSR count). The van der Waals surface area contributed by atoms with Gasteiger partial charge in [-0.2, -0.15) is 0 Å². The first-order valence-electron chi connectivity index (χ1n) is 7.37. The number of alkyl carbamates (subject to hydrolysis) is 1. The van der Waals surface area contributed by atoms with Crippen molar-refractivity contribution in [2.24, 2.45) is 0 Å². The highest BCUT2D eigenvalue weighted by Crippen LogP contribution is 2.07. The summed E-state index contributed by atoms with van der Waals surface area (Å²) in [6.07, 6.45) is 3.13. The maximum Gasteiger partial charge on any atom is 0.407 e. The number of ether oxygens (including phenoxy) is 1. The number of nitrogens with one attached hydrogen (secondary N) is 1. The van der Waals surface area contributed by atoms with Crippen LogP contribution in [0.1, 0.15) is 23.6 Å². The molecule has 3 nitrogen and oxygen atoms in total. The standard InChI is InChI=1S/C19H21NO2/c1-15-8-11-17(12-9-15)13-10-16(2)22-19(21)20-14-18-6-4-3-5-7-18/h3-13,16H,14H2,1-2H3,(H,20,21)/b13-10+. The van der Waals surface area contributed by atoms with E-state index in [1.165, 1.54) is 5.56 Å². The maximum absolute atomic E-state index is 11.7. The predicted molar refractivity (Wildman–Crippen MR) is 89.4 cm³/mol. The Morgan fingerprint density at radius 2 is 1.82 bits per heavy atom. The smallest absolute Gasteiger partial charge is 0.407 e. The third kappa shape index (κ3) is 5.44. The van der Waals surface area contributed by atoms with Crippen molar-refractivity contribution >= 4 is 12.2 Å². The van der Waals surface area contributed by atoms with E-state index in [0.29, 0.717) is 6.54 Å². The Morgan fingerprint density at radius 3 is 2.50 bits per heavy atom. The third-order valence-electron chi connectivity index (χ3n) is 3.21. The van der Waals surface area contributed by atoms with Gasteiger partial charge >= 0.3 is 6.09 Å². The van der Waals surface area contributed by atoms with Gasteiger partial charge in [0.05, 0.1) is 0 Å². The van der Waals surface area contributed by atoms with Gasteiger partial charge < -0.3 is 10.1 Å². The Balaban J connectivity index is 1.77. The number of carbonyl (C=O) groups is 1. The molecule has 2 aromatic carbocycles.